The van der Waals surface area contributed by atoms with E-state index in [1.807, 2.05) is 24.3 Å². The van der Waals surface area contributed by atoms with Crippen molar-refractivity contribution in [1.82, 2.24) is 4.98 Å². The van der Waals surface area contributed by atoms with Gasteiger partial charge >= 0.3 is 11.9 Å². The molecule has 0 bridgehead atoms. The minimum atomic E-state index is -1.00. The molecule has 0 saturated heterocycles. The number of pyridine rings is 1. The predicted octanol–water partition coefficient (Wildman–Crippen LogP) is 4.94. The zero-order chi connectivity index (χ0) is 22.7. The summed E-state index contributed by atoms with van der Waals surface area (Å²) in [5.41, 5.74) is 3.09. The normalized spacial score (nSPS) is 10.8. The first-order valence-electron chi connectivity index (χ1n) is 9.79. The molecule has 7 heteroatoms. The van der Waals surface area contributed by atoms with E-state index in [9.17, 15) is 14.4 Å². The van der Waals surface area contributed by atoms with Gasteiger partial charge in [0.15, 0.2) is 5.43 Å². The van der Waals surface area contributed by atoms with Gasteiger partial charge in [-0.2, -0.15) is 0 Å². The number of hydrogen-bond donors (Lipinski definition) is 2. The summed E-state index contributed by atoms with van der Waals surface area (Å²) < 4.78 is 6.32. The third-order valence-corrected chi connectivity index (χ3v) is 5.60. The van der Waals surface area contributed by atoms with Gasteiger partial charge in [0.05, 0.1) is 11.1 Å². The quantitative estimate of drug-likeness (QED) is 0.372. The van der Waals surface area contributed by atoms with Crippen LogP contribution < -0.4 is 5.43 Å². The van der Waals surface area contributed by atoms with Gasteiger partial charge in [-0.25, -0.2) is 9.59 Å². The Morgan fingerprint density at radius 2 is 1.56 bits per heavy atom. The van der Waals surface area contributed by atoms with Crippen LogP contribution in [0.5, 0.6) is 0 Å². The minimum absolute atomic E-state index is 0.132. The first kappa shape index (κ1) is 21.5. The third-order valence-electron chi connectivity index (χ3n) is 5.07. The molecule has 32 heavy (non-hydrogen) atoms. The van der Waals surface area contributed by atoms with E-state index in [0.717, 1.165) is 15.6 Å². The molecule has 0 saturated carbocycles. The van der Waals surface area contributed by atoms with Crippen LogP contribution in [0.2, 0.25) is 0 Å². The number of hydrogen-bond acceptors (Lipinski definition) is 4. The van der Waals surface area contributed by atoms with Crippen molar-refractivity contribution in [3.05, 3.63) is 115 Å². The number of carbonyl (C=O) groups excluding carboxylic acids is 1. The zero-order valence-electron chi connectivity index (χ0n) is 16.8. The maximum absolute atomic E-state index is 13.0. The molecule has 160 valence electrons. The molecule has 4 aromatic rings. The van der Waals surface area contributed by atoms with Crippen LogP contribution >= 0.6 is 15.9 Å². The van der Waals surface area contributed by atoms with E-state index in [4.69, 9.17) is 9.84 Å². The van der Waals surface area contributed by atoms with Crippen molar-refractivity contribution in [1.29, 1.82) is 0 Å². The van der Waals surface area contributed by atoms with Gasteiger partial charge in [0.2, 0.25) is 0 Å². The predicted molar refractivity (Wildman–Crippen MR) is 124 cm³/mol. The number of benzene rings is 3. The first-order chi connectivity index (χ1) is 15.4. The summed E-state index contributed by atoms with van der Waals surface area (Å²) in [7, 11) is 0. The number of aromatic nitrogens is 1. The number of ether oxygens (including phenoxy) is 1. The number of rotatable bonds is 6. The molecule has 0 radical (unpaired) electrons. The highest BCUT2D eigenvalue weighted by Crippen LogP contribution is 2.16. The molecular weight excluding hydrogens is 474 g/mol. The summed E-state index contributed by atoms with van der Waals surface area (Å²) in [4.78, 5) is 39.6. The number of aromatic amines is 1. The monoisotopic (exact) mass is 491 g/mol. The lowest BCUT2D eigenvalue weighted by Crippen LogP contribution is -2.12. The van der Waals surface area contributed by atoms with E-state index in [-0.39, 0.29) is 17.6 Å². The van der Waals surface area contributed by atoms with Gasteiger partial charge in [-0.3, -0.25) is 4.79 Å². The Morgan fingerprint density at radius 3 is 2.25 bits per heavy atom. The molecule has 0 aliphatic rings. The lowest BCUT2D eigenvalue weighted by Gasteiger charge is -2.08. The molecule has 0 unspecified atom stereocenters. The van der Waals surface area contributed by atoms with Gasteiger partial charge in [-0.1, -0.05) is 40.2 Å². The van der Waals surface area contributed by atoms with Gasteiger partial charge in [0.25, 0.3) is 0 Å². The number of carbonyl (C=O) groups is 2. The second-order valence-electron chi connectivity index (χ2n) is 7.28. The van der Waals surface area contributed by atoms with Crippen LogP contribution in [0.3, 0.4) is 0 Å². The Morgan fingerprint density at radius 1 is 0.906 bits per heavy atom. The van der Waals surface area contributed by atoms with E-state index in [1.54, 1.807) is 30.5 Å². The fraction of sp³-hybridized carbons (Fsp3) is 0.0800. The molecule has 0 fully saturated rings. The number of esters is 1. The maximum atomic E-state index is 13.0. The highest BCUT2D eigenvalue weighted by molar-refractivity contribution is 9.10. The Balaban J connectivity index is 1.55. The van der Waals surface area contributed by atoms with Gasteiger partial charge in [0, 0.05) is 33.6 Å². The molecule has 0 amide bonds. The molecule has 0 spiro atoms. The molecule has 1 aromatic heterocycles. The van der Waals surface area contributed by atoms with Gasteiger partial charge in [0.1, 0.15) is 6.61 Å². The molecule has 4 rings (SSSR count). The second kappa shape index (κ2) is 9.20. The number of aromatic carboxylic acids is 1. The smallest absolute Gasteiger partial charge is 0.338 e. The van der Waals surface area contributed by atoms with Crippen LogP contribution in [-0.2, 0) is 17.8 Å². The van der Waals surface area contributed by atoms with E-state index >= 15 is 0 Å². The highest BCUT2D eigenvalue weighted by atomic mass is 79.9. The second-order valence-corrected chi connectivity index (χ2v) is 8.20. The fourth-order valence-electron chi connectivity index (χ4n) is 3.32. The van der Waals surface area contributed by atoms with Gasteiger partial charge in [-0.15, -0.1) is 0 Å². The molecule has 0 aliphatic carbocycles. The van der Waals surface area contributed by atoms with Crippen molar-refractivity contribution in [3.8, 4) is 0 Å². The highest BCUT2D eigenvalue weighted by Gasteiger charge is 2.12. The Kier molecular flexibility index (Phi) is 6.18. The van der Waals surface area contributed by atoms with Crippen molar-refractivity contribution in [2.24, 2.45) is 0 Å². The topological polar surface area (TPSA) is 96.5 Å². The van der Waals surface area contributed by atoms with Crippen molar-refractivity contribution in [2.45, 2.75) is 13.0 Å². The number of carboxylic acids is 1. The summed E-state index contributed by atoms with van der Waals surface area (Å²) in [6.45, 7) is 0.132. The Labute approximate surface area is 191 Å². The minimum Gasteiger partial charge on any atom is -0.478 e. The average Bonchev–Trinajstić information content (AvgIpc) is 2.80. The Hall–Kier alpha value is -3.71. The van der Waals surface area contributed by atoms with Crippen molar-refractivity contribution in [2.75, 3.05) is 0 Å². The van der Waals surface area contributed by atoms with E-state index in [0.29, 0.717) is 28.5 Å². The number of halogens is 1. The van der Waals surface area contributed by atoms with Crippen LogP contribution in [0.25, 0.3) is 10.9 Å². The number of carboxylic acid groups (broad SMARTS) is 1. The number of fused-ring (bicyclic) bond motifs is 1. The molecule has 0 atom stereocenters. The van der Waals surface area contributed by atoms with Gasteiger partial charge in [-0.05, 0) is 53.6 Å². The van der Waals surface area contributed by atoms with Crippen LogP contribution in [0.4, 0.5) is 0 Å². The van der Waals surface area contributed by atoms with E-state index in [2.05, 4.69) is 20.9 Å². The number of H-pyrrole nitrogens is 1. The number of nitrogens with one attached hydrogen (secondary N) is 1. The van der Waals surface area contributed by atoms with Crippen molar-refractivity contribution in [3.63, 3.8) is 0 Å². The lowest BCUT2D eigenvalue weighted by molar-refractivity contribution is 0.0472. The lowest BCUT2D eigenvalue weighted by atomic mass is 10.0. The molecular formula is C25H18BrNO5. The molecule has 1 heterocycles. The summed E-state index contributed by atoms with van der Waals surface area (Å²) in [5, 5.41) is 9.41. The molecule has 3 aromatic carbocycles. The summed E-state index contributed by atoms with van der Waals surface area (Å²) >= 11 is 3.36. The summed E-state index contributed by atoms with van der Waals surface area (Å²) in [6.07, 6.45) is 1.98. The van der Waals surface area contributed by atoms with Gasteiger partial charge < -0.3 is 14.8 Å². The largest absolute Gasteiger partial charge is 0.478 e. The van der Waals surface area contributed by atoms with Crippen LogP contribution in [0.15, 0.2) is 82.2 Å². The zero-order valence-corrected chi connectivity index (χ0v) is 18.4. The van der Waals surface area contributed by atoms with E-state index < -0.39 is 11.9 Å². The van der Waals surface area contributed by atoms with Crippen LogP contribution in [0, 0.1) is 0 Å². The standard InChI is InChI=1S/C25H18BrNO5/c26-20-8-3-16(4-9-20)14-32-25(31)18-7-10-22-21(12-18)23(28)19(13-27-22)11-15-1-5-17(6-2-15)24(29)30/h1-10,12-13H,11,14H2,(H,27,28)(H,29,30). The van der Waals surface area contributed by atoms with Crippen LogP contribution in [-0.4, -0.2) is 22.0 Å². The van der Waals surface area contributed by atoms with Crippen molar-refractivity contribution >= 4 is 38.8 Å². The summed E-state index contributed by atoms with van der Waals surface area (Å²) in [6, 6.07) is 18.7. The van der Waals surface area contributed by atoms with E-state index in [1.165, 1.54) is 18.2 Å². The Bertz CT molecular complexity index is 1360. The van der Waals surface area contributed by atoms with Crippen molar-refractivity contribution < 1.29 is 19.4 Å². The molecule has 6 nitrogen and oxygen atoms in total. The summed E-state index contributed by atoms with van der Waals surface area (Å²) in [5.74, 6) is -1.51. The SMILES string of the molecule is O=C(O)c1ccc(Cc2c[nH]c3ccc(C(=O)OCc4ccc(Br)cc4)cc3c2=O)cc1. The molecule has 0 aliphatic heterocycles. The fourth-order valence-corrected chi connectivity index (χ4v) is 3.58. The van der Waals surface area contributed by atoms with Crippen LogP contribution in [0.1, 0.15) is 37.4 Å². The molecule has 2 N–H and O–H groups in total. The maximum Gasteiger partial charge on any atom is 0.338 e. The third kappa shape index (κ3) is 4.78. The average molecular weight is 492 g/mol. The first-order valence-corrected chi connectivity index (χ1v) is 10.6.